The van der Waals surface area contributed by atoms with Crippen LogP contribution in [0.25, 0.3) is 0 Å². The molecule has 0 nitrogen and oxygen atoms in total. The molecule has 0 bridgehead atoms. The number of hydrogen-bond donors (Lipinski definition) is 0. The van der Waals surface area contributed by atoms with Gasteiger partial charge in [0.15, 0.2) is 0 Å². The van der Waals surface area contributed by atoms with Crippen molar-refractivity contribution in [2.24, 2.45) is 0 Å². The van der Waals surface area contributed by atoms with Gasteiger partial charge in [-0.25, -0.2) is 0 Å². The van der Waals surface area contributed by atoms with Gasteiger partial charge >= 0.3 is 0 Å². The molecule has 0 saturated carbocycles. The summed E-state index contributed by atoms with van der Waals surface area (Å²) in [6.07, 6.45) is 5.50. The molecule has 0 aromatic carbocycles. The second-order valence-electron chi connectivity index (χ2n) is 3.86. The first-order valence-electron chi connectivity index (χ1n) is 4.92. The van der Waals surface area contributed by atoms with E-state index in [0.29, 0.717) is 0 Å². The lowest BCUT2D eigenvalue weighted by molar-refractivity contribution is 1.42. The van der Waals surface area contributed by atoms with Gasteiger partial charge in [0.25, 0.3) is 0 Å². The fourth-order valence-electron chi connectivity index (χ4n) is 0.232. The van der Waals surface area contributed by atoms with Crippen molar-refractivity contribution in [2.45, 2.75) is 34.6 Å². The standard InChI is InChI=1S/C7H10.2C4H8/c1-4-5-6-7(2)3;2*1-4(2)3/h4-6H,1-2H2,3H3;2*1H2,2-3H3/b6-5-;;. The quantitative estimate of drug-likeness (QED) is 0.415. The van der Waals surface area contributed by atoms with E-state index in [9.17, 15) is 0 Å². The van der Waals surface area contributed by atoms with Crippen LogP contribution in [0.2, 0.25) is 0 Å². The summed E-state index contributed by atoms with van der Waals surface area (Å²) in [7, 11) is 0. The van der Waals surface area contributed by atoms with Crippen molar-refractivity contribution in [1.82, 2.24) is 0 Å². The van der Waals surface area contributed by atoms with Crippen molar-refractivity contribution in [1.29, 1.82) is 0 Å². The zero-order valence-corrected chi connectivity index (χ0v) is 11.1. The smallest absolute Gasteiger partial charge is 0.0404 e. The van der Waals surface area contributed by atoms with Crippen molar-refractivity contribution in [3.8, 4) is 0 Å². The molecule has 15 heavy (non-hydrogen) atoms. The average molecular weight is 206 g/mol. The van der Waals surface area contributed by atoms with Gasteiger partial charge in [0.05, 0.1) is 0 Å². The van der Waals surface area contributed by atoms with Gasteiger partial charge in [0, 0.05) is 0 Å². The first kappa shape index (κ1) is 19.3. The third-order valence-corrected chi connectivity index (χ3v) is 0.517. The molecule has 0 heterocycles. The summed E-state index contributed by atoms with van der Waals surface area (Å²) >= 11 is 0. The number of hydrogen-bond acceptors (Lipinski definition) is 0. The Balaban J connectivity index is -0.000000155. The van der Waals surface area contributed by atoms with Crippen LogP contribution in [0.5, 0.6) is 0 Å². The highest BCUT2D eigenvalue weighted by molar-refractivity contribution is 5.15. The van der Waals surface area contributed by atoms with Gasteiger partial charge in [0.1, 0.15) is 0 Å². The maximum Gasteiger partial charge on any atom is -0.0404 e. The predicted molar refractivity (Wildman–Crippen MR) is 75.1 cm³/mol. The average Bonchev–Trinajstić information content (AvgIpc) is 1.98. The van der Waals surface area contributed by atoms with E-state index in [0.717, 1.165) is 5.57 Å². The van der Waals surface area contributed by atoms with E-state index >= 15 is 0 Å². The Bertz CT molecular complexity index is 206. The van der Waals surface area contributed by atoms with Gasteiger partial charge < -0.3 is 0 Å². The Labute approximate surface area is 96.4 Å². The summed E-state index contributed by atoms with van der Waals surface area (Å²) < 4.78 is 0. The van der Waals surface area contributed by atoms with Crippen LogP contribution >= 0.6 is 0 Å². The minimum absolute atomic E-state index is 1.06. The third kappa shape index (κ3) is 199. The molecule has 0 heteroatoms. The lowest BCUT2D eigenvalue weighted by atomic mass is 10.3. The lowest BCUT2D eigenvalue weighted by Gasteiger charge is -1.77. The molecule has 0 radical (unpaired) electrons. The van der Waals surface area contributed by atoms with Crippen molar-refractivity contribution in [3.05, 3.63) is 61.3 Å². The van der Waals surface area contributed by atoms with Gasteiger partial charge in [0.2, 0.25) is 0 Å². The monoisotopic (exact) mass is 206 g/mol. The second-order valence-corrected chi connectivity index (χ2v) is 3.86. The molecular weight excluding hydrogens is 180 g/mol. The molecule has 0 unspecified atom stereocenters. The Morgan fingerprint density at radius 2 is 1.07 bits per heavy atom. The van der Waals surface area contributed by atoms with Crippen LogP contribution in [0.3, 0.4) is 0 Å². The molecule has 0 fully saturated rings. The van der Waals surface area contributed by atoms with E-state index < -0.39 is 0 Å². The summed E-state index contributed by atoms with van der Waals surface area (Å²) in [5.41, 5.74) is 3.39. The summed E-state index contributed by atoms with van der Waals surface area (Å²) in [6, 6.07) is 0. The molecule has 0 N–H and O–H groups in total. The summed E-state index contributed by atoms with van der Waals surface area (Å²) in [5, 5.41) is 0. The fraction of sp³-hybridized carbons (Fsp3) is 0.333. The van der Waals surface area contributed by atoms with Crippen LogP contribution in [0.15, 0.2) is 61.3 Å². The highest BCUT2D eigenvalue weighted by atomic mass is 13.7. The molecule has 0 saturated heterocycles. The molecule has 0 atom stereocenters. The Morgan fingerprint density at radius 1 is 0.800 bits per heavy atom. The Hall–Kier alpha value is -1.30. The van der Waals surface area contributed by atoms with Crippen molar-refractivity contribution >= 4 is 0 Å². The van der Waals surface area contributed by atoms with Crippen molar-refractivity contribution in [3.63, 3.8) is 0 Å². The van der Waals surface area contributed by atoms with E-state index in [4.69, 9.17) is 0 Å². The van der Waals surface area contributed by atoms with Crippen molar-refractivity contribution in [2.75, 3.05) is 0 Å². The summed E-state index contributed by atoms with van der Waals surface area (Å²) in [4.78, 5) is 0. The first-order valence-corrected chi connectivity index (χ1v) is 4.92. The van der Waals surface area contributed by atoms with Crippen LogP contribution in [-0.4, -0.2) is 0 Å². The molecule has 0 spiro atoms. The third-order valence-electron chi connectivity index (χ3n) is 0.517. The number of allylic oxidation sites excluding steroid dienone is 6. The van der Waals surface area contributed by atoms with Crippen LogP contribution in [0.4, 0.5) is 0 Å². The second kappa shape index (κ2) is 15.2. The topological polar surface area (TPSA) is 0 Å². The first-order chi connectivity index (χ1) is 6.73. The van der Waals surface area contributed by atoms with Crippen LogP contribution in [-0.2, 0) is 0 Å². The van der Waals surface area contributed by atoms with Crippen LogP contribution in [0.1, 0.15) is 34.6 Å². The maximum atomic E-state index is 3.66. The van der Waals surface area contributed by atoms with Crippen molar-refractivity contribution < 1.29 is 0 Å². The van der Waals surface area contributed by atoms with Gasteiger partial charge in [-0.05, 0) is 34.6 Å². The maximum absolute atomic E-state index is 3.66. The zero-order valence-electron chi connectivity index (χ0n) is 11.1. The molecule has 0 aliphatic carbocycles. The molecule has 0 aromatic rings. The molecular formula is C15H26. The molecule has 0 aliphatic heterocycles. The minimum atomic E-state index is 1.06. The van der Waals surface area contributed by atoms with E-state index in [1.165, 1.54) is 11.1 Å². The molecule has 0 aliphatic rings. The zero-order chi connectivity index (χ0) is 12.9. The summed E-state index contributed by atoms with van der Waals surface area (Å²) in [5.74, 6) is 0. The lowest BCUT2D eigenvalue weighted by Crippen LogP contribution is -1.55. The normalized spacial score (nSPS) is 7.80. The Kier molecular flexibility index (Phi) is 19.5. The fourth-order valence-corrected chi connectivity index (χ4v) is 0.232. The highest BCUT2D eigenvalue weighted by Gasteiger charge is 1.65. The van der Waals surface area contributed by atoms with Gasteiger partial charge in [-0.3, -0.25) is 0 Å². The SMILES string of the molecule is C=C(C)C.C=C(C)C.C=C/C=C\C(=C)C. The Morgan fingerprint density at radius 3 is 1.13 bits per heavy atom. The van der Waals surface area contributed by atoms with Gasteiger partial charge in [-0.2, -0.15) is 0 Å². The summed E-state index contributed by atoms with van der Waals surface area (Å²) in [6.45, 7) is 24.1. The molecule has 0 amide bonds. The molecule has 0 rings (SSSR count). The molecule has 86 valence electrons. The number of rotatable bonds is 2. The highest BCUT2D eigenvalue weighted by Crippen LogP contribution is 1.86. The minimum Gasteiger partial charge on any atom is -0.100 e. The van der Waals surface area contributed by atoms with Gasteiger partial charge in [-0.15, -0.1) is 13.2 Å². The van der Waals surface area contributed by atoms with Crippen LogP contribution in [0, 0.1) is 0 Å². The van der Waals surface area contributed by atoms with E-state index in [1.54, 1.807) is 6.08 Å². The van der Waals surface area contributed by atoms with Gasteiger partial charge in [-0.1, -0.05) is 48.1 Å². The van der Waals surface area contributed by atoms with E-state index in [2.05, 4.69) is 26.3 Å². The van der Waals surface area contributed by atoms with Crippen LogP contribution < -0.4 is 0 Å². The molecule has 0 aromatic heterocycles. The van der Waals surface area contributed by atoms with E-state index in [-0.39, 0.29) is 0 Å². The van der Waals surface area contributed by atoms with E-state index in [1.807, 2.05) is 46.8 Å². The largest absolute Gasteiger partial charge is 0.100 e. The predicted octanol–water partition coefficient (Wildman–Crippen LogP) is 5.47.